The van der Waals surface area contributed by atoms with Crippen molar-refractivity contribution in [3.05, 3.63) is 60.7 Å². The number of sulfonamides is 1. The molecule has 7 heteroatoms. The summed E-state index contributed by atoms with van der Waals surface area (Å²) in [7, 11) is -3.84. The highest BCUT2D eigenvalue weighted by Gasteiger charge is 2.26. The van der Waals surface area contributed by atoms with Gasteiger partial charge in [-0.2, -0.15) is 0 Å². The predicted octanol–water partition coefficient (Wildman–Crippen LogP) is 3.26. The van der Waals surface area contributed by atoms with Gasteiger partial charge in [0.25, 0.3) is 10.0 Å². The summed E-state index contributed by atoms with van der Waals surface area (Å²) in [5.41, 5.74) is 0.473. The van der Waals surface area contributed by atoms with Crippen LogP contribution in [0.1, 0.15) is 32.1 Å². The van der Waals surface area contributed by atoms with Crippen LogP contribution in [0.3, 0.4) is 0 Å². The molecule has 162 valence electrons. The number of anilines is 1. The van der Waals surface area contributed by atoms with Crippen LogP contribution in [0.25, 0.3) is 0 Å². The van der Waals surface area contributed by atoms with Gasteiger partial charge in [-0.3, -0.25) is 9.10 Å². The maximum Gasteiger partial charge on any atom is 0.264 e. The van der Waals surface area contributed by atoms with Crippen molar-refractivity contribution in [3.8, 4) is 0 Å². The number of amides is 1. The van der Waals surface area contributed by atoms with E-state index >= 15 is 0 Å². The van der Waals surface area contributed by atoms with Gasteiger partial charge in [-0.25, -0.2) is 8.42 Å². The topological polar surface area (TPSA) is 69.7 Å². The fourth-order valence-corrected chi connectivity index (χ4v) is 5.15. The first kappa shape index (κ1) is 22.3. The Balaban J connectivity index is 1.60. The Labute approximate surface area is 179 Å². The van der Waals surface area contributed by atoms with Crippen molar-refractivity contribution in [2.75, 3.05) is 37.0 Å². The molecule has 3 rings (SSSR count). The number of hydrogen-bond donors (Lipinski definition) is 1. The van der Waals surface area contributed by atoms with E-state index in [1.807, 2.05) is 6.07 Å². The van der Waals surface area contributed by atoms with Gasteiger partial charge in [0.1, 0.15) is 6.54 Å². The molecule has 30 heavy (non-hydrogen) atoms. The Morgan fingerprint density at radius 2 is 1.50 bits per heavy atom. The van der Waals surface area contributed by atoms with E-state index in [0.29, 0.717) is 12.2 Å². The molecule has 1 aliphatic heterocycles. The minimum Gasteiger partial charge on any atom is -0.354 e. The molecular formula is C23H31N3O3S. The normalized spacial score (nSPS) is 15.3. The molecule has 0 unspecified atom stereocenters. The van der Waals surface area contributed by atoms with Gasteiger partial charge in [-0.05, 0) is 63.2 Å². The van der Waals surface area contributed by atoms with Crippen molar-refractivity contribution < 1.29 is 13.2 Å². The Bertz CT molecular complexity index is 880. The van der Waals surface area contributed by atoms with E-state index in [0.717, 1.165) is 26.1 Å². The number of carbonyl (C=O) groups excluding carboxylic acids is 1. The zero-order chi connectivity index (χ0) is 21.2. The van der Waals surface area contributed by atoms with Crippen LogP contribution >= 0.6 is 0 Å². The second kappa shape index (κ2) is 11.1. The van der Waals surface area contributed by atoms with Gasteiger partial charge in [0.05, 0.1) is 10.6 Å². The highest BCUT2D eigenvalue weighted by atomic mass is 32.2. The van der Waals surface area contributed by atoms with Gasteiger partial charge in [-0.1, -0.05) is 49.2 Å². The maximum atomic E-state index is 13.2. The van der Waals surface area contributed by atoms with Gasteiger partial charge in [0.15, 0.2) is 0 Å². The van der Waals surface area contributed by atoms with Crippen molar-refractivity contribution in [1.82, 2.24) is 10.2 Å². The first-order valence-corrected chi connectivity index (χ1v) is 12.1. The number of hydrogen-bond acceptors (Lipinski definition) is 4. The van der Waals surface area contributed by atoms with Crippen LogP contribution in [-0.4, -0.2) is 51.9 Å². The number of carbonyl (C=O) groups is 1. The molecule has 0 atom stereocenters. The average Bonchev–Trinajstić information content (AvgIpc) is 3.05. The number of para-hydroxylation sites is 1. The van der Waals surface area contributed by atoms with Crippen molar-refractivity contribution >= 4 is 21.6 Å². The van der Waals surface area contributed by atoms with E-state index < -0.39 is 10.0 Å². The highest BCUT2D eigenvalue weighted by Crippen LogP contribution is 2.23. The minimum atomic E-state index is -3.84. The number of benzene rings is 2. The number of nitrogens with zero attached hydrogens (tertiary/aromatic N) is 2. The summed E-state index contributed by atoms with van der Waals surface area (Å²) in [6, 6.07) is 17.0. The fourth-order valence-electron chi connectivity index (χ4n) is 3.71. The molecule has 1 aliphatic rings. The third kappa shape index (κ3) is 6.31. The molecule has 1 saturated heterocycles. The molecule has 2 aromatic carbocycles. The Hall–Kier alpha value is -2.38. The molecule has 1 fully saturated rings. The summed E-state index contributed by atoms with van der Waals surface area (Å²) in [6.45, 7) is 3.52. The maximum absolute atomic E-state index is 13.2. The van der Waals surface area contributed by atoms with Gasteiger partial charge in [0.2, 0.25) is 5.91 Å². The molecule has 6 nitrogen and oxygen atoms in total. The minimum absolute atomic E-state index is 0.169. The molecule has 0 saturated carbocycles. The average molecular weight is 430 g/mol. The van der Waals surface area contributed by atoms with Gasteiger partial charge in [-0.15, -0.1) is 0 Å². The van der Waals surface area contributed by atoms with Crippen LogP contribution < -0.4 is 9.62 Å². The second-order valence-electron chi connectivity index (χ2n) is 7.62. The Kier molecular flexibility index (Phi) is 8.28. The third-order valence-corrected chi connectivity index (χ3v) is 7.12. The SMILES string of the molecule is O=C(CN(c1ccccc1)S(=O)(=O)c1ccccc1)NCCCN1CCCCCC1. The smallest absolute Gasteiger partial charge is 0.264 e. The number of nitrogens with one attached hydrogen (secondary N) is 1. The Morgan fingerprint density at radius 3 is 2.13 bits per heavy atom. The summed E-state index contributed by atoms with van der Waals surface area (Å²) in [5.74, 6) is -0.297. The number of likely N-dealkylation sites (tertiary alicyclic amines) is 1. The quantitative estimate of drug-likeness (QED) is 0.621. The monoisotopic (exact) mass is 429 g/mol. The molecule has 0 aliphatic carbocycles. The van der Waals surface area contributed by atoms with Crippen molar-refractivity contribution in [1.29, 1.82) is 0 Å². The van der Waals surface area contributed by atoms with Gasteiger partial charge >= 0.3 is 0 Å². The lowest BCUT2D eigenvalue weighted by Gasteiger charge is -2.24. The lowest BCUT2D eigenvalue weighted by molar-refractivity contribution is -0.119. The summed E-state index contributed by atoms with van der Waals surface area (Å²) in [5, 5.41) is 2.89. The lowest BCUT2D eigenvalue weighted by atomic mass is 10.2. The zero-order valence-corrected chi connectivity index (χ0v) is 18.2. The van der Waals surface area contributed by atoms with E-state index in [9.17, 15) is 13.2 Å². The van der Waals surface area contributed by atoms with Gasteiger partial charge in [0, 0.05) is 6.54 Å². The first-order chi connectivity index (χ1) is 14.6. The van der Waals surface area contributed by atoms with Crippen molar-refractivity contribution in [2.45, 2.75) is 37.0 Å². The summed E-state index contributed by atoms with van der Waals surface area (Å²) in [6.07, 6.45) is 5.96. The molecule has 0 aromatic heterocycles. The second-order valence-corrected chi connectivity index (χ2v) is 9.48. The van der Waals surface area contributed by atoms with Crippen molar-refractivity contribution in [2.24, 2.45) is 0 Å². The lowest BCUT2D eigenvalue weighted by Crippen LogP contribution is -2.41. The molecule has 2 aromatic rings. The first-order valence-electron chi connectivity index (χ1n) is 10.7. The largest absolute Gasteiger partial charge is 0.354 e. The molecule has 1 N–H and O–H groups in total. The van der Waals surface area contributed by atoms with Crippen LogP contribution in [0.15, 0.2) is 65.6 Å². The van der Waals surface area contributed by atoms with E-state index in [-0.39, 0.29) is 17.3 Å². The van der Waals surface area contributed by atoms with E-state index in [2.05, 4.69) is 10.2 Å². The van der Waals surface area contributed by atoms with Crippen LogP contribution in [0.2, 0.25) is 0 Å². The van der Waals surface area contributed by atoms with Crippen LogP contribution in [0, 0.1) is 0 Å². The molecule has 1 amide bonds. The van der Waals surface area contributed by atoms with E-state index in [1.165, 1.54) is 30.0 Å². The number of rotatable bonds is 9. The summed E-state index contributed by atoms with van der Waals surface area (Å²) < 4.78 is 27.5. The van der Waals surface area contributed by atoms with Crippen LogP contribution in [0.4, 0.5) is 5.69 Å². The van der Waals surface area contributed by atoms with Crippen molar-refractivity contribution in [3.63, 3.8) is 0 Å². The highest BCUT2D eigenvalue weighted by molar-refractivity contribution is 7.92. The van der Waals surface area contributed by atoms with Crippen LogP contribution in [0.5, 0.6) is 0 Å². The molecule has 0 radical (unpaired) electrons. The van der Waals surface area contributed by atoms with E-state index in [4.69, 9.17) is 0 Å². The standard InChI is InChI=1S/C23H31N3O3S/c27-23(24-16-11-19-25-17-9-1-2-10-18-25)20-26(21-12-5-3-6-13-21)30(28,29)22-14-7-4-8-15-22/h3-8,12-15H,1-2,9-11,16-20H2,(H,24,27). The predicted molar refractivity (Wildman–Crippen MR) is 120 cm³/mol. The molecule has 0 bridgehead atoms. The third-order valence-electron chi connectivity index (χ3n) is 5.33. The van der Waals surface area contributed by atoms with Crippen LogP contribution in [-0.2, 0) is 14.8 Å². The molecule has 0 spiro atoms. The van der Waals surface area contributed by atoms with Gasteiger partial charge < -0.3 is 10.2 Å². The van der Waals surface area contributed by atoms with E-state index in [1.54, 1.807) is 54.6 Å². The summed E-state index contributed by atoms with van der Waals surface area (Å²) in [4.78, 5) is 15.2. The summed E-state index contributed by atoms with van der Waals surface area (Å²) >= 11 is 0. The fraction of sp³-hybridized carbons (Fsp3) is 0.435. The molecular weight excluding hydrogens is 398 g/mol. The zero-order valence-electron chi connectivity index (χ0n) is 17.4. The molecule has 1 heterocycles. The Morgan fingerprint density at radius 1 is 0.900 bits per heavy atom.